The fourth-order valence-electron chi connectivity index (χ4n) is 4.35. The van der Waals surface area contributed by atoms with E-state index in [-0.39, 0.29) is 23.9 Å². The summed E-state index contributed by atoms with van der Waals surface area (Å²) in [6.07, 6.45) is 3.02. The summed E-state index contributed by atoms with van der Waals surface area (Å²) in [4.78, 5) is 35.3. The van der Waals surface area contributed by atoms with Crippen LogP contribution in [0.1, 0.15) is 48.4 Å². The molecule has 0 bridgehead atoms. The number of fused-ring (bicyclic) bond motifs is 1. The molecular weight excluding hydrogens is 541 g/mol. The Morgan fingerprint density at radius 2 is 1.88 bits per heavy atom. The first kappa shape index (κ1) is 28.6. The lowest BCUT2D eigenvalue weighted by atomic mass is 10.0. The molecule has 5 rings (SSSR count). The first-order valence-electron chi connectivity index (χ1n) is 13.4. The maximum atomic E-state index is 13.5. The van der Waals surface area contributed by atoms with Crippen molar-refractivity contribution >= 4 is 22.6 Å². The lowest BCUT2D eigenvalue weighted by Gasteiger charge is -2.13. The average Bonchev–Trinajstić information content (AvgIpc) is 3.38. The minimum absolute atomic E-state index is 0.00450. The number of methoxy groups -OCH3 is 1. The van der Waals surface area contributed by atoms with Gasteiger partial charge in [0.1, 0.15) is 22.7 Å². The van der Waals surface area contributed by atoms with Crippen molar-refractivity contribution in [3.63, 3.8) is 0 Å². The Balaban J connectivity index is 1.36. The summed E-state index contributed by atoms with van der Waals surface area (Å²) in [5.74, 6) is 0.653. The van der Waals surface area contributed by atoms with E-state index >= 15 is 0 Å². The van der Waals surface area contributed by atoms with E-state index in [4.69, 9.17) is 9.47 Å². The van der Waals surface area contributed by atoms with Gasteiger partial charge in [0.15, 0.2) is 17.2 Å². The number of carbonyl (C=O) groups is 1. The Bertz CT molecular complexity index is 1770. The molecule has 0 fully saturated rings. The van der Waals surface area contributed by atoms with Gasteiger partial charge in [-0.3, -0.25) is 19.7 Å². The van der Waals surface area contributed by atoms with Gasteiger partial charge in [-0.15, -0.1) is 0 Å². The third-order valence-electron chi connectivity index (χ3n) is 6.48. The van der Waals surface area contributed by atoms with Gasteiger partial charge >= 0.3 is 0 Å². The first-order valence-corrected chi connectivity index (χ1v) is 13.4. The topological polar surface area (TPSA) is 137 Å². The minimum atomic E-state index is -0.581. The Morgan fingerprint density at radius 3 is 2.57 bits per heavy atom. The van der Waals surface area contributed by atoms with Crippen LogP contribution >= 0.6 is 0 Å². The summed E-state index contributed by atoms with van der Waals surface area (Å²) in [7, 11) is 1.63. The van der Waals surface area contributed by atoms with Crippen LogP contribution in [-0.4, -0.2) is 55.5 Å². The first-order chi connectivity index (χ1) is 20.2. The number of H-pyrrole nitrogens is 1. The molecule has 0 radical (unpaired) electrons. The zero-order valence-electron chi connectivity index (χ0n) is 23.6. The normalized spacial score (nSPS) is 12.0. The highest BCUT2D eigenvalue weighted by Gasteiger charge is 2.20. The maximum Gasteiger partial charge on any atom is 0.282 e. The van der Waals surface area contributed by atoms with Gasteiger partial charge in [-0.05, 0) is 55.3 Å². The average molecular weight is 572 g/mol. The van der Waals surface area contributed by atoms with E-state index in [1.807, 2.05) is 20.8 Å². The molecule has 0 saturated heterocycles. The van der Waals surface area contributed by atoms with E-state index in [0.29, 0.717) is 52.0 Å². The molecule has 0 aliphatic heterocycles. The second kappa shape index (κ2) is 12.3. The third-order valence-corrected chi connectivity index (χ3v) is 6.48. The molecule has 1 atom stereocenters. The molecule has 11 nitrogen and oxygen atoms in total. The summed E-state index contributed by atoms with van der Waals surface area (Å²) in [6, 6.07) is 12.0. The number of hydrogen-bond donors (Lipinski definition) is 2. The monoisotopic (exact) mass is 571 g/mol. The number of ketones is 1. The molecule has 216 valence electrons. The van der Waals surface area contributed by atoms with Crippen LogP contribution in [0.25, 0.3) is 16.7 Å². The van der Waals surface area contributed by atoms with Gasteiger partial charge in [-0.25, -0.2) is 9.37 Å². The number of Topliss-reactive ketones (excluding diaryl/α,β-unsaturated/α-hetero) is 1. The summed E-state index contributed by atoms with van der Waals surface area (Å²) < 4.78 is 25.9. The van der Waals surface area contributed by atoms with Gasteiger partial charge in [0.2, 0.25) is 0 Å². The molecule has 2 N–H and O–H groups in total. The predicted molar refractivity (Wildman–Crippen MR) is 155 cm³/mol. The van der Waals surface area contributed by atoms with Crippen molar-refractivity contribution in [3.05, 3.63) is 94.0 Å². The van der Waals surface area contributed by atoms with E-state index in [1.54, 1.807) is 31.5 Å². The van der Waals surface area contributed by atoms with Crippen molar-refractivity contribution in [2.45, 2.75) is 39.2 Å². The number of hydrogen-bond acceptors (Lipinski definition) is 9. The second-order valence-corrected chi connectivity index (χ2v) is 10.1. The molecule has 0 saturated carbocycles. The molecule has 42 heavy (non-hydrogen) atoms. The molecule has 5 aromatic rings. The van der Waals surface area contributed by atoms with Crippen LogP contribution in [0.4, 0.5) is 10.2 Å². The molecule has 4 heterocycles. The fraction of sp³-hybridized carbons (Fsp3) is 0.267. The molecule has 0 aliphatic carbocycles. The maximum absolute atomic E-state index is 13.5. The second-order valence-electron chi connectivity index (χ2n) is 10.1. The zero-order chi connectivity index (χ0) is 29.8. The SMILES string of the molecule is COC[C@@H](C)Nc1n[nH]c2nccc(Oc3ccc(CC(=O)c4cc(C(C)C)nn(-c5ccc(F)cc5)c4=O)nc3)c12. The van der Waals surface area contributed by atoms with Crippen LogP contribution in [0, 0.1) is 5.82 Å². The van der Waals surface area contributed by atoms with Gasteiger partial charge in [0, 0.05) is 31.1 Å². The van der Waals surface area contributed by atoms with E-state index in [1.165, 1.54) is 36.5 Å². The Labute approximate surface area is 240 Å². The molecule has 0 amide bonds. The van der Waals surface area contributed by atoms with Gasteiger partial charge in [0.25, 0.3) is 5.56 Å². The number of nitrogens with zero attached hydrogens (tertiary/aromatic N) is 5. The third kappa shape index (κ3) is 6.18. The zero-order valence-corrected chi connectivity index (χ0v) is 23.6. The molecule has 1 aromatic carbocycles. The van der Waals surface area contributed by atoms with Crippen LogP contribution < -0.4 is 15.6 Å². The van der Waals surface area contributed by atoms with Crippen molar-refractivity contribution in [3.8, 4) is 17.2 Å². The van der Waals surface area contributed by atoms with Crippen molar-refractivity contribution in [2.24, 2.45) is 0 Å². The smallest absolute Gasteiger partial charge is 0.282 e. The van der Waals surface area contributed by atoms with E-state index in [0.717, 1.165) is 4.68 Å². The molecule has 0 spiro atoms. The number of carbonyl (C=O) groups excluding carboxylic acids is 1. The lowest BCUT2D eigenvalue weighted by Crippen LogP contribution is -2.29. The van der Waals surface area contributed by atoms with Crippen LogP contribution in [0.2, 0.25) is 0 Å². The van der Waals surface area contributed by atoms with Crippen molar-refractivity contribution in [1.82, 2.24) is 29.9 Å². The largest absolute Gasteiger partial charge is 0.455 e. The molecule has 4 aromatic heterocycles. The summed E-state index contributed by atoms with van der Waals surface area (Å²) in [6.45, 7) is 6.29. The van der Waals surface area contributed by atoms with Crippen molar-refractivity contribution in [2.75, 3.05) is 19.0 Å². The van der Waals surface area contributed by atoms with Crippen LogP contribution in [0.15, 0.2) is 65.7 Å². The van der Waals surface area contributed by atoms with E-state index in [2.05, 4.69) is 30.6 Å². The number of benzene rings is 1. The van der Waals surface area contributed by atoms with Crippen molar-refractivity contribution in [1.29, 1.82) is 0 Å². The highest BCUT2D eigenvalue weighted by Crippen LogP contribution is 2.33. The summed E-state index contributed by atoms with van der Waals surface area (Å²) in [5.41, 5.74) is 1.35. The minimum Gasteiger partial charge on any atom is -0.455 e. The van der Waals surface area contributed by atoms with Gasteiger partial charge in [0.05, 0.1) is 36.2 Å². The quantitative estimate of drug-likeness (QED) is 0.214. The van der Waals surface area contributed by atoms with Gasteiger partial charge in [-0.1, -0.05) is 13.8 Å². The number of pyridine rings is 2. The molecule has 12 heteroatoms. The summed E-state index contributed by atoms with van der Waals surface area (Å²) in [5, 5.41) is 15.6. The van der Waals surface area contributed by atoms with Gasteiger partial charge < -0.3 is 14.8 Å². The Hall–Kier alpha value is -4.97. The van der Waals surface area contributed by atoms with Crippen LogP contribution in [0.5, 0.6) is 11.5 Å². The van der Waals surface area contributed by atoms with Crippen molar-refractivity contribution < 1.29 is 18.7 Å². The number of aromatic nitrogens is 6. The number of rotatable bonds is 11. The highest BCUT2D eigenvalue weighted by molar-refractivity contribution is 5.97. The molecular formula is C30H30FN7O4. The highest BCUT2D eigenvalue weighted by atomic mass is 19.1. The van der Waals surface area contributed by atoms with Crippen LogP contribution in [0.3, 0.4) is 0 Å². The molecule has 0 aliphatic rings. The number of halogens is 1. The lowest BCUT2D eigenvalue weighted by molar-refractivity contribution is 0.0989. The predicted octanol–water partition coefficient (Wildman–Crippen LogP) is 4.83. The number of anilines is 1. The Kier molecular flexibility index (Phi) is 8.34. The number of aromatic amines is 1. The Morgan fingerprint density at radius 1 is 1.10 bits per heavy atom. The van der Waals surface area contributed by atoms with Crippen LogP contribution in [-0.2, 0) is 11.2 Å². The number of nitrogens with one attached hydrogen (secondary N) is 2. The standard InChI is InChI=1S/C30H30FN7O4/c1-17(2)24-14-23(30(40)38(37-24)21-8-5-19(31)6-9-21)25(39)13-20-7-10-22(15-33-20)42-26-11-12-32-28-27(26)29(36-35-28)34-18(3)16-41-4/h5-12,14-15,17-18H,13,16H2,1-4H3,(H2,32,34,35,36)/t18-/m1/s1. The fourth-order valence-corrected chi connectivity index (χ4v) is 4.35. The molecule has 0 unspecified atom stereocenters. The summed E-state index contributed by atoms with van der Waals surface area (Å²) >= 11 is 0. The van der Waals surface area contributed by atoms with Gasteiger partial charge in [-0.2, -0.15) is 14.9 Å². The van der Waals surface area contributed by atoms with E-state index in [9.17, 15) is 14.0 Å². The number of ether oxygens (including phenoxy) is 2. The van der Waals surface area contributed by atoms with E-state index < -0.39 is 17.2 Å².